The minimum Gasteiger partial charge on any atom is -0.455 e. The standard InChI is InChI=1S/C56H45BN2OS/c1-55(2,3)36-24-27-38(28-25-36)59-45-31-29-41-40-20-12-14-22-47(40)60-53(41)50(45)49-39-19-11-10-18-35(39)32-46-52(49)57(59)51-42-21-13-15-23-48(42)61-54(51)58(46)44-30-26-37(56(4,5)6)33-43(44)34-16-8-7-9-17-34/h7-33H,1-6H3. The van der Waals surface area contributed by atoms with Gasteiger partial charge in [-0.25, -0.2) is 0 Å². The lowest BCUT2D eigenvalue weighted by molar-refractivity contribution is 0.590. The summed E-state index contributed by atoms with van der Waals surface area (Å²) in [5, 5.41) is 7.26. The van der Waals surface area contributed by atoms with Crippen molar-refractivity contribution in [2.75, 3.05) is 9.71 Å². The molecule has 4 heterocycles. The molecule has 10 aromatic rings. The summed E-state index contributed by atoms with van der Waals surface area (Å²) in [6.07, 6.45) is 0. The summed E-state index contributed by atoms with van der Waals surface area (Å²) in [5.74, 6) is 0. The van der Waals surface area contributed by atoms with Gasteiger partial charge in [-0.3, -0.25) is 0 Å². The molecule has 0 saturated heterocycles. The van der Waals surface area contributed by atoms with E-state index in [0.29, 0.717) is 0 Å². The van der Waals surface area contributed by atoms with Gasteiger partial charge in [0.15, 0.2) is 0 Å². The van der Waals surface area contributed by atoms with E-state index >= 15 is 0 Å². The molecule has 3 nitrogen and oxygen atoms in total. The van der Waals surface area contributed by atoms with Crippen molar-refractivity contribution in [3.8, 4) is 22.3 Å². The molecule has 2 aliphatic heterocycles. The molecule has 0 radical (unpaired) electrons. The van der Waals surface area contributed by atoms with Gasteiger partial charge in [0.25, 0.3) is 0 Å². The first-order valence-electron chi connectivity index (χ1n) is 21.5. The van der Waals surface area contributed by atoms with Gasteiger partial charge in [0.05, 0.1) is 10.7 Å². The summed E-state index contributed by atoms with van der Waals surface area (Å²) < 4.78 is 8.33. The Morgan fingerprint density at radius 3 is 1.93 bits per heavy atom. The highest BCUT2D eigenvalue weighted by Gasteiger charge is 2.48. The fourth-order valence-corrected chi connectivity index (χ4v) is 11.4. The van der Waals surface area contributed by atoms with E-state index < -0.39 is 0 Å². The van der Waals surface area contributed by atoms with Crippen molar-refractivity contribution in [1.29, 1.82) is 0 Å². The summed E-state index contributed by atoms with van der Waals surface area (Å²) in [5.41, 5.74) is 16.6. The van der Waals surface area contributed by atoms with E-state index in [-0.39, 0.29) is 17.7 Å². The molecule has 0 N–H and O–H groups in total. The van der Waals surface area contributed by atoms with Crippen molar-refractivity contribution in [1.82, 2.24) is 0 Å². The third-order valence-corrected chi connectivity index (χ3v) is 14.3. The van der Waals surface area contributed by atoms with Gasteiger partial charge in [0.2, 0.25) is 0 Å². The SMILES string of the molecule is CC(C)(C)c1ccc(N2B3c4c(cc5ccccc5c4-c4c2ccc2c4oc4ccccc42)N(c2ccc(C(C)(C)C)cc2-c2ccccc2)c2sc4ccccc4c23)cc1. The smallest absolute Gasteiger partial charge is 0.334 e. The fourth-order valence-electron chi connectivity index (χ4n) is 10.1. The fraction of sp³-hybridized carbons (Fsp3) is 0.143. The van der Waals surface area contributed by atoms with Gasteiger partial charge in [0.1, 0.15) is 11.2 Å². The first-order chi connectivity index (χ1) is 29.5. The normalized spacial score (nSPS) is 13.6. The molecule has 5 heteroatoms. The summed E-state index contributed by atoms with van der Waals surface area (Å²) in [4.78, 5) is 5.24. The minimum atomic E-state index is -0.124. The van der Waals surface area contributed by atoms with Crippen molar-refractivity contribution < 1.29 is 4.42 Å². The Morgan fingerprint density at radius 2 is 1.16 bits per heavy atom. The molecule has 0 bridgehead atoms. The zero-order chi connectivity index (χ0) is 41.4. The Bertz CT molecular complexity index is 3400. The molecule has 294 valence electrons. The van der Waals surface area contributed by atoms with Crippen LogP contribution in [0.2, 0.25) is 0 Å². The van der Waals surface area contributed by atoms with E-state index in [4.69, 9.17) is 4.42 Å². The molecule has 8 aromatic carbocycles. The average Bonchev–Trinajstić information content (AvgIpc) is 3.85. The second-order valence-electron chi connectivity index (χ2n) is 18.9. The number of benzene rings is 8. The lowest BCUT2D eigenvalue weighted by Crippen LogP contribution is -2.61. The van der Waals surface area contributed by atoms with Gasteiger partial charge >= 0.3 is 6.85 Å². The molecule has 0 amide bonds. The monoisotopic (exact) mass is 804 g/mol. The number of rotatable bonds is 3. The lowest BCUT2D eigenvalue weighted by Gasteiger charge is -2.45. The second kappa shape index (κ2) is 13.0. The minimum absolute atomic E-state index is 0.0232. The summed E-state index contributed by atoms with van der Waals surface area (Å²) >= 11 is 1.90. The molecule has 61 heavy (non-hydrogen) atoms. The lowest BCUT2D eigenvalue weighted by atomic mass is 9.43. The Hall–Kier alpha value is -6.56. The van der Waals surface area contributed by atoms with Crippen molar-refractivity contribution in [3.05, 3.63) is 175 Å². The topological polar surface area (TPSA) is 19.6 Å². The number of anilines is 5. The van der Waals surface area contributed by atoms with E-state index in [2.05, 4.69) is 215 Å². The molecule has 0 saturated carbocycles. The molecule has 12 rings (SSSR count). The Kier molecular flexibility index (Phi) is 7.72. The zero-order valence-corrected chi connectivity index (χ0v) is 36.2. The van der Waals surface area contributed by atoms with Crippen LogP contribution < -0.4 is 20.6 Å². The molecule has 0 unspecified atom stereocenters. The predicted octanol–water partition coefficient (Wildman–Crippen LogP) is 14.9. The number of hydrogen-bond donors (Lipinski definition) is 0. The largest absolute Gasteiger partial charge is 0.455 e. The highest BCUT2D eigenvalue weighted by molar-refractivity contribution is 7.26. The third-order valence-electron chi connectivity index (χ3n) is 13.2. The van der Waals surface area contributed by atoms with Crippen LogP contribution >= 0.6 is 11.3 Å². The number of fused-ring (bicyclic) bond motifs is 12. The van der Waals surface area contributed by atoms with Crippen LogP contribution in [0.25, 0.3) is 65.1 Å². The molecule has 0 spiro atoms. The van der Waals surface area contributed by atoms with Gasteiger partial charge in [-0.2, -0.15) is 0 Å². The van der Waals surface area contributed by atoms with Crippen LogP contribution in [-0.2, 0) is 10.8 Å². The van der Waals surface area contributed by atoms with Gasteiger partial charge < -0.3 is 14.1 Å². The Balaban J connectivity index is 1.26. The Morgan fingerprint density at radius 1 is 0.508 bits per heavy atom. The van der Waals surface area contributed by atoms with Crippen molar-refractivity contribution in [2.45, 2.75) is 52.4 Å². The third kappa shape index (κ3) is 5.36. The number of thiophene rings is 1. The van der Waals surface area contributed by atoms with E-state index in [1.165, 1.54) is 76.0 Å². The second-order valence-corrected chi connectivity index (χ2v) is 19.9. The highest BCUT2D eigenvalue weighted by atomic mass is 32.1. The number of nitrogens with zero attached hydrogens (tertiary/aromatic N) is 2. The maximum absolute atomic E-state index is 7.05. The van der Waals surface area contributed by atoms with Gasteiger partial charge in [0, 0.05) is 43.7 Å². The number of para-hydroxylation sites is 1. The van der Waals surface area contributed by atoms with E-state index in [1.54, 1.807) is 0 Å². The van der Waals surface area contributed by atoms with Crippen LogP contribution in [0.15, 0.2) is 168 Å². The summed E-state index contributed by atoms with van der Waals surface area (Å²) in [7, 11) is 0. The summed E-state index contributed by atoms with van der Waals surface area (Å²) in [6.45, 7) is 13.7. The van der Waals surface area contributed by atoms with Crippen LogP contribution in [0.4, 0.5) is 27.8 Å². The number of furan rings is 1. The van der Waals surface area contributed by atoms with Crippen molar-refractivity contribution in [2.24, 2.45) is 0 Å². The Labute approximate surface area is 361 Å². The van der Waals surface area contributed by atoms with Crippen LogP contribution in [0.3, 0.4) is 0 Å². The van der Waals surface area contributed by atoms with E-state index in [1.807, 2.05) is 11.3 Å². The van der Waals surface area contributed by atoms with Crippen LogP contribution in [0, 0.1) is 0 Å². The van der Waals surface area contributed by atoms with Crippen LogP contribution in [0.1, 0.15) is 52.7 Å². The maximum atomic E-state index is 7.05. The predicted molar refractivity (Wildman–Crippen MR) is 263 cm³/mol. The van der Waals surface area contributed by atoms with Crippen LogP contribution in [0.5, 0.6) is 0 Å². The quantitative estimate of drug-likeness (QED) is 0.166. The molecular weight excluding hydrogens is 760 g/mol. The maximum Gasteiger partial charge on any atom is 0.334 e. The van der Waals surface area contributed by atoms with Crippen molar-refractivity contribution >= 4 is 99.7 Å². The van der Waals surface area contributed by atoms with Gasteiger partial charge in [-0.1, -0.05) is 151 Å². The average molecular weight is 805 g/mol. The van der Waals surface area contributed by atoms with Crippen molar-refractivity contribution in [3.63, 3.8) is 0 Å². The molecule has 2 aromatic heterocycles. The van der Waals surface area contributed by atoms with Gasteiger partial charge in [-0.15, -0.1) is 11.3 Å². The van der Waals surface area contributed by atoms with Gasteiger partial charge in [-0.05, 0) is 115 Å². The highest BCUT2D eigenvalue weighted by Crippen LogP contribution is 2.55. The zero-order valence-electron chi connectivity index (χ0n) is 35.4. The van der Waals surface area contributed by atoms with E-state index in [0.717, 1.165) is 38.9 Å². The molecule has 2 aliphatic rings. The van der Waals surface area contributed by atoms with Crippen LogP contribution in [-0.4, -0.2) is 6.85 Å². The first kappa shape index (κ1) is 36.3. The molecule has 0 atom stereocenters. The summed E-state index contributed by atoms with van der Waals surface area (Å²) in [6, 6.07) is 61.1. The molecular formula is C56H45BN2OS. The molecule has 0 aliphatic carbocycles. The van der Waals surface area contributed by atoms with E-state index in [9.17, 15) is 0 Å². The number of hydrogen-bond acceptors (Lipinski definition) is 4. The molecule has 0 fully saturated rings. The first-order valence-corrected chi connectivity index (χ1v) is 22.3.